The van der Waals surface area contributed by atoms with Crippen LogP contribution in [0.1, 0.15) is 41.6 Å². The van der Waals surface area contributed by atoms with Crippen molar-refractivity contribution in [2.24, 2.45) is 6.98 Å². The number of hydrogen-bond acceptors (Lipinski definition) is 2. The van der Waals surface area contributed by atoms with E-state index < -0.39 is 6.98 Å². The molecule has 0 radical (unpaired) electrons. The molecule has 0 N–H and O–H groups in total. The Morgan fingerprint density at radius 3 is 2.44 bits per heavy atom. The number of benzene rings is 4. The maximum Gasteiger partial charge on any atom is 0.242 e. The zero-order valence-electron chi connectivity index (χ0n) is 27.6. The molecule has 0 aliphatic heterocycles. The zero-order chi connectivity index (χ0) is 31.7. The van der Waals surface area contributed by atoms with Crippen molar-refractivity contribution in [3.8, 4) is 23.0 Å². The number of aromatic nitrogens is 4. The average Bonchev–Trinajstić information content (AvgIpc) is 3.53. The summed E-state index contributed by atoms with van der Waals surface area (Å²) in [5.41, 5.74) is 7.04. The monoisotopic (exact) mass is 746 g/mol. The number of ether oxygens (including phenoxy) is 1. The van der Waals surface area contributed by atoms with E-state index in [1.165, 1.54) is 10.1 Å². The van der Waals surface area contributed by atoms with Crippen molar-refractivity contribution in [2.45, 2.75) is 40.0 Å². The second kappa shape index (κ2) is 10.8. The van der Waals surface area contributed by atoms with Crippen LogP contribution in [0, 0.1) is 32.3 Å². The van der Waals surface area contributed by atoms with E-state index in [0.29, 0.717) is 22.7 Å². The van der Waals surface area contributed by atoms with Crippen molar-refractivity contribution in [2.75, 3.05) is 0 Å². The molecule has 218 valence electrons. The first kappa shape index (κ1) is 25.3. The number of nitrogens with zero attached hydrogens (tertiary/aromatic N) is 4. The predicted molar refractivity (Wildman–Crippen MR) is 168 cm³/mol. The summed E-state index contributed by atoms with van der Waals surface area (Å²) in [5.74, 6) is 1.81. The summed E-state index contributed by atoms with van der Waals surface area (Å²) in [7, 11) is 0. The molecule has 7 rings (SSSR count). The Balaban J connectivity index is 0.00000372. The first-order valence-corrected chi connectivity index (χ1v) is 14.0. The Morgan fingerprint density at radius 2 is 1.63 bits per heavy atom. The van der Waals surface area contributed by atoms with E-state index in [0.717, 1.165) is 44.3 Å². The van der Waals surface area contributed by atoms with E-state index in [2.05, 4.69) is 74.1 Å². The van der Waals surface area contributed by atoms with Gasteiger partial charge in [0.1, 0.15) is 5.82 Å². The normalized spacial score (nSPS) is 13.1. The molecule has 3 heterocycles. The maximum atomic E-state index is 8.08. The number of pyridine rings is 1. The van der Waals surface area contributed by atoms with Crippen LogP contribution >= 0.6 is 0 Å². The first-order chi connectivity index (χ1) is 21.4. The van der Waals surface area contributed by atoms with Gasteiger partial charge in [-0.1, -0.05) is 73.4 Å². The Kier molecular flexibility index (Phi) is 6.36. The summed E-state index contributed by atoms with van der Waals surface area (Å²) >= 11 is 0. The molecule has 6 heteroatoms. The van der Waals surface area contributed by atoms with Gasteiger partial charge in [0.05, 0.1) is 22.1 Å². The fourth-order valence-electron chi connectivity index (χ4n) is 5.46. The summed E-state index contributed by atoms with van der Waals surface area (Å²) in [5, 5.41) is 2.15. The van der Waals surface area contributed by atoms with Crippen LogP contribution in [0.4, 0.5) is 0 Å². The van der Waals surface area contributed by atoms with Crippen molar-refractivity contribution in [3.05, 3.63) is 120 Å². The molecule has 0 amide bonds. The molecule has 0 spiro atoms. The number of fused-ring (bicyclic) bond motifs is 4. The summed E-state index contributed by atoms with van der Waals surface area (Å²) in [6.07, 6.45) is 4.90. The third kappa shape index (κ3) is 5.06. The van der Waals surface area contributed by atoms with Gasteiger partial charge in [-0.3, -0.25) is 0 Å². The quantitative estimate of drug-likeness (QED) is 0.135. The average molecular weight is 747 g/mol. The Bertz CT molecular complexity index is 2260. The zero-order valence-corrected chi connectivity index (χ0v) is 26.9. The van der Waals surface area contributed by atoms with Crippen LogP contribution in [-0.2, 0) is 33.5 Å². The largest absolute Gasteiger partial charge is 0.510 e. The second-order valence-electron chi connectivity index (χ2n) is 11.8. The van der Waals surface area contributed by atoms with Gasteiger partial charge < -0.3 is 18.4 Å². The van der Waals surface area contributed by atoms with Crippen molar-refractivity contribution in [1.29, 1.82) is 0 Å². The molecule has 0 aliphatic carbocycles. The second-order valence-corrected chi connectivity index (χ2v) is 11.8. The van der Waals surface area contributed by atoms with E-state index in [4.69, 9.17) is 13.8 Å². The van der Waals surface area contributed by atoms with Crippen molar-refractivity contribution < 1.29 is 34.5 Å². The molecule has 4 aromatic carbocycles. The van der Waals surface area contributed by atoms with Crippen LogP contribution < -0.4 is 9.30 Å². The molecule has 0 atom stereocenters. The number of aryl methyl sites for hydroxylation is 3. The number of rotatable bonds is 4. The fraction of sp³-hybridized carbons (Fsp3) is 0.189. The van der Waals surface area contributed by atoms with Gasteiger partial charge in [0, 0.05) is 44.3 Å². The van der Waals surface area contributed by atoms with E-state index in [9.17, 15) is 0 Å². The number of imidazole rings is 1. The Hall–Kier alpha value is -4.21. The van der Waals surface area contributed by atoms with E-state index in [-0.39, 0.29) is 26.5 Å². The summed E-state index contributed by atoms with van der Waals surface area (Å²) < 4.78 is 35.7. The molecule has 0 aliphatic rings. The number of para-hydroxylation sites is 1. The van der Waals surface area contributed by atoms with Gasteiger partial charge in [-0.15, -0.1) is 29.7 Å². The van der Waals surface area contributed by atoms with Gasteiger partial charge in [0.25, 0.3) is 0 Å². The molecule has 0 bridgehead atoms. The van der Waals surface area contributed by atoms with Gasteiger partial charge in [-0.05, 0) is 48.4 Å². The minimum Gasteiger partial charge on any atom is -0.510 e. The van der Waals surface area contributed by atoms with Crippen LogP contribution in [0.2, 0.25) is 0 Å². The van der Waals surface area contributed by atoms with Gasteiger partial charge in [-0.25, -0.2) is 4.98 Å². The van der Waals surface area contributed by atoms with Crippen LogP contribution in [0.25, 0.3) is 44.3 Å². The van der Waals surface area contributed by atoms with Crippen LogP contribution in [0.5, 0.6) is 11.5 Å². The van der Waals surface area contributed by atoms with E-state index >= 15 is 0 Å². The molecule has 7 aromatic rings. The molecular weight excluding hydrogens is 712 g/mol. The minimum atomic E-state index is -2.39. The molecule has 3 aromatic heterocycles. The molecule has 0 saturated carbocycles. The molecule has 5 nitrogen and oxygen atoms in total. The van der Waals surface area contributed by atoms with Gasteiger partial charge in [0.2, 0.25) is 6.33 Å². The summed E-state index contributed by atoms with van der Waals surface area (Å²) in [6.45, 7) is 8.18. The van der Waals surface area contributed by atoms with Crippen LogP contribution in [0.3, 0.4) is 0 Å². The Labute approximate surface area is 270 Å². The van der Waals surface area contributed by atoms with Crippen molar-refractivity contribution in [3.63, 3.8) is 0 Å². The van der Waals surface area contributed by atoms with Gasteiger partial charge in [0.15, 0.2) is 0 Å². The standard InChI is InChI=1S/C37H32N4O.Pt/c1-24-18-34-35(19-25(24)2)40(23-39(34)6)27-10-9-11-28(21-27)42-29-14-15-31-30-12-7-8-13-32(30)41(33(31)22-29)36-20-26(16-17-38-36)37(3,4)5;/h7-20H,1-6H3;/q-2;/i6D3;. The Morgan fingerprint density at radius 1 is 0.837 bits per heavy atom. The topological polar surface area (TPSA) is 35.9 Å². The van der Waals surface area contributed by atoms with E-state index in [1.807, 2.05) is 68.6 Å². The van der Waals surface area contributed by atoms with Crippen molar-refractivity contribution in [1.82, 2.24) is 14.1 Å². The van der Waals surface area contributed by atoms with Crippen LogP contribution in [0.15, 0.2) is 85.1 Å². The maximum absolute atomic E-state index is 8.08. The SMILES string of the molecule is [2H]C([2H])([2H])[n+]1[c-]n(-c2[c-]c(Oc3[c-]c4c(cc3)c3ccccc3n4-c3cc(C(C)(C)C)ccn3)ccc2)c2cc(C)c(C)cc21.[Pt]. The smallest absolute Gasteiger partial charge is 0.242 e. The third-order valence-electron chi connectivity index (χ3n) is 7.88. The predicted octanol–water partition coefficient (Wildman–Crippen LogP) is 8.05. The van der Waals surface area contributed by atoms with Crippen molar-refractivity contribution >= 4 is 32.8 Å². The third-order valence-corrected chi connectivity index (χ3v) is 7.88. The molecular formula is C37H32N4OPt-2. The fourth-order valence-corrected chi connectivity index (χ4v) is 5.46. The van der Waals surface area contributed by atoms with Crippen LogP contribution in [-0.4, -0.2) is 14.1 Å². The molecule has 0 unspecified atom stereocenters. The number of hydrogen-bond donors (Lipinski definition) is 0. The summed E-state index contributed by atoms with van der Waals surface area (Å²) in [4.78, 5) is 4.76. The van der Waals surface area contributed by atoms with E-state index in [1.54, 1.807) is 4.57 Å². The minimum absolute atomic E-state index is 0. The molecule has 43 heavy (non-hydrogen) atoms. The van der Waals surface area contributed by atoms with Gasteiger partial charge in [-0.2, -0.15) is 18.2 Å². The molecule has 0 saturated heterocycles. The van der Waals surface area contributed by atoms with Gasteiger partial charge >= 0.3 is 0 Å². The molecule has 0 fully saturated rings. The summed E-state index contributed by atoms with van der Waals surface area (Å²) in [6, 6.07) is 32.7. The first-order valence-electron chi connectivity index (χ1n) is 15.5.